The summed E-state index contributed by atoms with van der Waals surface area (Å²) in [5, 5.41) is 0. The molecule has 3 nitrogen and oxygen atoms in total. The first kappa shape index (κ1) is 6.13. The fraction of sp³-hybridized carbons (Fsp3) is 0.500. The number of hydrogen-bond donors (Lipinski definition) is 0. The van der Waals surface area contributed by atoms with Gasteiger partial charge in [0.2, 0.25) is 0 Å². The largest absolute Gasteiger partial charge is 0.416 e. The van der Waals surface area contributed by atoms with E-state index >= 15 is 0 Å². The Morgan fingerprint density at radius 2 is 2.56 bits per heavy atom. The van der Waals surface area contributed by atoms with E-state index in [4.69, 9.17) is 4.84 Å². The Morgan fingerprint density at radius 3 is 3.00 bits per heavy atom. The Bertz CT molecular complexity index is 164. The van der Waals surface area contributed by atoms with Gasteiger partial charge in [0.05, 0.1) is 6.20 Å². The third-order valence-electron chi connectivity index (χ3n) is 1.19. The summed E-state index contributed by atoms with van der Waals surface area (Å²) < 4.78 is 1.65. The molecule has 0 fully saturated rings. The van der Waals surface area contributed by atoms with Crippen LogP contribution in [0.15, 0.2) is 12.4 Å². The molecule has 0 aliphatic heterocycles. The average Bonchev–Trinajstić information content (AvgIpc) is 2.33. The molecule has 0 N–H and O–H groups in total. The second-order valence-corrected chi connectivity index (χ2v) is 1.71. The molecule has 1 heterocycles. The fourth-order valence-corrected chi connectivity index (χ4v) is 0.736. The molecule has 1 aromatic heterocycles. The molecule has 50 valence electrons. The molecule has 1 aromatic rings. The van der Waals surface area contributed by atoms with Crippen molar-refractivity contribution >= 4 is 0 Å². The number of imidazole rings is 1. The molecular weight excluding hydrogens is 116 g/mol. The van der Waals surface area contributed by atoms with E-state index in [1.807, 2.05) is 6.92 Å². The van der Waals surface area contributed by atoms with Crippen molar-refractivity contribution in [2.45, 2.75) is 13.3 Å². The molecule has 0 aliphatic rings. The molecule has 0 saturated carbocycles. The Morgan fingerprint density at radius 1 is 1.78 bits per heavy atom. The van der Waals surface area contributed by atoms with E-state index in [1.54, 1.807) is 24.2 Å². The molecule has 0 saturated heterocycles. The highest BCUT2D eigenvalue weighted by Crippen LogP contribution is 1.93. The topological polar surface area (TPSA) is 27.1 Å². The molecule has 0 atom stereocenters. The minimum absolute atomic E-state index is 0.904. The van der Waals surface area contributed by atoms with Gasteiger partial charge in [-0.1, -0.05) is 6.92 Å². The van der Waals surface area contributed by atoms with Crippen LogP contribution in [-0.2, 0) is 6.42 Å². The van der Waals surface area contributed by atoms with Gasteiger partial charge in [0.25, 0.3) is 0 Å². The second-order valence-electron chi connectivity index (χ2n) is 1.71. The zero-order valence-electron chi connectivity index (χ0n) is 5.66. The second kappa shape index (κ2) is 2.53. The highest BCUT2D eigenvalue weighted by atomic mass is 16.6. The van der Waals surface area contributed by atoms with Crippen LogP contribution in [-0.4, -0.2) is 16.8 Å². The van der Waals surface area contributed by atoms with Crippen LogP contribution < -0.4 is 4.84 Å². The van der Waals surface area contributed by atoms with Gasteiger partial charge in [-0.3, -0.25) is 0 Å². The highest BCUT2D eigenvalue weighted by molar-refractivity contribution is 4.88. The van der Waals surface area contributed by atoms with Gasteiger partial charge in [-0.05, 0) is 0 Å². The lowest BCUT2D eigenvalue weighted by molar-refractivity contribution is 0.158. The van der Waals surface area contributed by atoms with E-state index in [1.165, 1.54) is 0 Å². The van der Waals surface area contributed by atoms with Crippen molar-refractivity contribution in [1.29, 1.82) is 0 Å². The van der Waals surface area contributed by atoms with Gasteiger partial charge in [-0.25, -0.2) is 4.98 Å². The summed E-state index contributed by atoms with van der Waals surface area (Å²) in [7, 11) is 1.63. The Hall–Kier alpha value is -0.990. The van der Waals surface area contributed by atoms with Gasteiger partial charge in [0.15, 0.2) is 0 Å². The molecule has 9 heavy (non-hydrogen) atoms. The summed E-state index contributed by atoms with van der Waals surface area (Å²) >= 11 is 0. The van der Waals surface area contributed by atoms with Crippen molar-refractivity contribution in [3.05, 3.63) is 18.2 Å². The van der Waals surface area contributed by atoms with Crippen molar-refractivity contribution in [3.8, 4) is 0 Å². The molecular formula is C6H10N2O. The van der Waals surface area contributed by atoms with Crippen LogP contribution in [0.5, 0.6) is 0 Å². The molecule has 0 aliphatic carbocycles. The summed E-state index contributed by atoms with van der Waals surface area (Å²) in [6.45, 7) is 2.04. The van der Waals surface area contributed by atoms with Crippen molar-refractivity contribution in [2.75, 3.05) is 7.11 Å². The number of nitrogens with zero attached hydrogens (tertiary/aromatic N) is 2. The lowest BCUT2D eigenvalue weighted by Crippen LogP contribution is -2.07. The molecule has 0 spiro atoms. The van der Waals surface area contributed by atoms with E-state index in [2.05, 4.69) is 4.98 Å². The molecule has 1 rings (SSSR count). The van der Waals surface area contributed by atoms with Crippen LogP contribution >= 0.6 is 0 Å². The lowest BCUT2D eigenvalue weighted by atomic mass is 10.5. The molecule has 0 bridgehead atoms. The molecule has 0 amide bonds. The summed E-state index contributed by atoms with van der Waals surface area (Å²) in [4.78, 5) is 8.97. The van der Waals surface area contributed by atoms with Crippen molar-refractivity contribution in [1.82, 2.24) is 9.71 Å². The third kappa shape index (κ3) is 1.04. The Balaban J connectivity index is 2.85. The summed E-state index contributed by atoms with van der Waals surface area (Å²) in [6, 6.07) is 0. The maximum atomic E-state index is 4.93. The van der Waals surface area contributed by atoms with Gasteiger partial charge in [0.1, 0.15) is 12.9 Å². The first-order valence-electron chi connectivity index (χ1n) is 2.95. The van der Waals surface area contributed by atoms with Crippen molar-refractivity contribution < 1.29 is 4.84 Å². The van der Waals surface area contributed by atoms with Crippen molar-refractivity contribution in [2.24, 2.45) is 0 Å². The first-order valence-corrected chi connectivity index (χ1v) is 2.95. The molecule has 0 aromatic carbocycles. The van der Waals surface area contributed by atoms with E-state index in [9.17, 15) is 0 Å². The lowest BCUT2D eigenvalue weighted by Gasteiger charge is -2.00. The monoisotopic (exact) mass is 126 g/mol. The van der Waals surface area contributed by atoms with Crippen LogP contribution in [0.1, 0.15) is 12.7 Å². The van der Waals surface area contributed by atoms with Crippen LogP contribution in [0.3, 0.4) is 0 Å². The number of hydrogen-bond acceptors (Lipinski definition) is 2. The summed E-state index contributed by atoms with van der Waals surface area (Å²) in [5.74, 6) is 0.956. The zero-order chi connectivity index (χ0) is 6.69. The highest BCUT2D eigenvalue weighted by Gasteiger charge is 1.95. The number of aryl methyl sites for hydroxylation is 1. The van der Waals surface area contributed by atoms with Gasteiger partial charge in [-0.15, -0.1) is 0 Å². The predicted octanol–water partition coefficient (Wildman–Crippen LogP) is 0.504. The third-order valence-corrected chi connectivity index (χ3v) is 1.19. The maximum Gasteiger partial charge on any atom is 0.144 e. The van der Waals surface area contributed by atoms with Gasteiger partial charge in [-0.2, -0.15) is 4.73 Å². The quantitative estimate of drug-likeness (QED) is 0.577. The fourth-order valence-electron chi connectivity index (χ4n) is 0.736. The summed E-state index contributed by atoms with van der Waals surface area (Å²) in [6.07, 6.45) is 4.42. The standard InChI is InChI=1S/C6H10N2O/c1-3-6-7-4-5-8(6)9-2/h4-5H,3H2,1-2H3. The molecule has 0 unspecified atom stereocenters. The van der Waals surface area contributed by atoms with Crippen LogP contribution in [0.25, 0.3) is 0 Å². The van der Waals surface area contributed by atoms with E-state index in [0.717, 1.165) is 12.2 Å². The Kier molecular flexibility index (Phi) is 1.72. The smallest absolute Gasteiger partial charge is 0.144 e. The van der Waals surface area contributed by atoms with E-state index in [0.29, 0.717) is 0 Å². The SMILES string of the molecule is CCc1nccn1OC. The van der Waals surface area contributed by atoms with E-state index in [-0.39, 0.29) is 0 Å². The minimum atomic E-state index is 0.904. The number of aromatic nitrogens is 2. The van der Waals surface area contributed by atoms with Crippen LogP contribution in [0, 0.1) is 0 Å². The van der Waals surface area contributed by atoms with Crippen molar-refractivity contribution in [3.63, 3.8) is 0 Å². The average molecular weight is 126 g/mol. The van der Waals surface area contributed by atoms with E-state index < -0.39 is 0 Å². The Labute approximate surface area is 54.2 Å². The van der Waals surface area contributed by atoms with Gasteiger partial charge >= 0.3 is 0 Å². The molecule has 3 heteroatoms. The number of rotatable bonds is 2. The predicted molar refractivity (Wildman–Crippen MR) is 34.1 cm³/mol. The van der Waals surface area contributed by atoms with Crippen LogP contribution in [0.2, 0.25) is 0 Å². The first-order chi connectivity index (χ1) is 4.38. The van der Waals surface area contributed by atoms with Gasteiger partial charge < -0.3 is 4.84 Å². The summed E-state index contributed by atoms with van der Waals surface area (Å²) in [5.41, 5.74) is 0. The maximum absolute atomic E-state index is 4.93. The van der Waals surface area contributed by atoms with Crippen LogP contribution in [0.4, 0.5) is 0 Å². The van der Waals surface area contributed by atoms with Gasteiger partial charge in [0, 0.05) is 12.6 Å². The zero-order valence-corrected chi connectivity index (χ0v) is 5.66. The molecule has 0 radical (unpaired) electrons. The normalized spacial score (nSPS) is 9.56. The minimum Gasteiger partial charge on any atom is -0.416 e.